The fourth-order valence-corrected chi connectivity index (χ4v) is 0.715. The second-order valence-corrected chi connectivity index (χ2v) is 2.26. The van der Waals surface area contributed by atoms with Gasteiger partial charge in [-0.25, -0.2) is 4.98 Å². The van der Waals surface area contributed by atoms with Crippen molar-refractivity contribution in [1.29, 1.82) is 0 Å². The van der Waals surface area contributed by atoms with Crippen LogP contribution in [0.1, 0.15) is 5.56 Å². The molecule has 0 spiro atoms. The van der Waals surface area contributed by atoms with E-state index in [-0.39, 0.29) is 24.8 Å². The minimum atomic E-state index is 0. The van der Waals surface area contributed by atoms with Crippen molar-refractivity contribution in [3.8, 4) is 11.8 Å². The van der Waals surface area contributed by atoms with E-state index in [1.54, 1.807) is 18.3 Å². The number of rotatable bonds is 0. The maximum Gasteiger partial charge on any atom is 0.129 e. The van der Waals surface area contributed by atoms with Crippen LogP contribution in [0.25, 0.3) is 0 Å². The van der Waals surface area contributed by atoms with Crippen LogP contribution in [0.15, 0.2) is 18.3 Å². The summed E-state index contributed by atoms with van der Waals surface area (Å²) in [4.78, 5) is 3.85. The minimum Gasteiger partial charge on any atom is -0.320 e. The quantitative estimate of drug-likeness (QED) is 0.555. The van der Waals surface area contributed by atoms with Crippen LogP contribution in [-0.4, -0.2) is 11.5 Å². The SMILES string of the molecule is Cl.Cl.NCC#Cc1ccc(Cl)nc1. The number of hydrogen-bond acceptors (Lipinski definition) is 2. The molecule has 0 bridgehead atoms. The van der Waals surface area contributed by atoms with Gasteiger partial charge in [0.25, 0.3) is 0 Å². The Kier molecular flexibility index (Phi) is 9.43. The number of nitrogens with zero attached hydrogens (tertiary/aromatic N) is 1. The summed E-state index contributed by atoms with van der Waals surface area (Å²) in [5.41, 5.74) is 6.02. The summed E-state index contributed by atoms with van der Waals surface area (Å²) >= 11 is 5.56. The van der Waals surface area contributed by atoms with Crippen LogP contribution >= 0.6 is 36.4 Å². The van der Waals surface area contributed by atoms with E-state index >= 15 is 0 Å². The van der Waals surface area contributed by atoms with E-state index in [1.165, 1.54) is 0 Å². The lowest BCUT2D eigenvalue weighted by molar-refractivity contribution is 1.29. The Morgan fingerprint density at radius 1 is 1.38 bits per heavy atom. The van der Waals surface area contributed by atoms with Crippen LogP contribution < -0.4 is 5.73 Å². The molecule has 0 aliphatic heterocycles. The van der Waals surface area contributed by atoms with E-state index in [4.69, 9.17) is 17.3 Å². The van der Waals surface area contributed by atoms with Gasteiger partial charge < -0.3 is 5.73 Å². The predicted molar refractivity (Wildman–Crippen MR) is 59.7 cm³/mol. The van der Waals surface area contributed by atoms with E-state index < -0.39 is 0 Å². The van der Waals surface area contributed by atoms with Gasteiger partial charge in [-0.1, -0.05) is 23.4 Å². The number of pyridine rings is 1. The number of aromatic nitrogens is 1. The molecule has 13 heavy (non-hydrogen) atoms. The number of hydrogen-bond donors (Lipinski definition) is 1. The molecular weight excluding hydrogens is 230 g/mol. The molecule has 2 N–H and O–H groups in total. The lowest BCUT2D eigenvalue weighted by Gasteiger charge is -1.88. The molecule has 0 saturated carbocycles. The zero-order chi connectivity index (χ0) is 8.10. The molecule has 0 unspecified atom stereocenters. The van der Waals surface area contributed by atoms with Gasteiger partial charge in [0.15, 0.2) is 0 Å². The Morgan fingerprint density at radius 3 is 2.54 bits per heavy atom. The fourth-order valence-electron chi connectivity index (χ4n) is 0.603. The van der Waals surface area contributed by atoms with Crippen LogP contribution in [0.5, 0.6) is 0 Å². The van der Waals surface area contributed by atoms with E-state index in [1.807, 2.05) is 0 Å². The first-order chi connectivity index (χ1) is 5.33. The van der Waals surface area contributed by atoms with E-state index in [0.29, 0.717) is 11.7 Å². The highest BCUT2D eigenvalue weighted by Gasteiger charge is 1.86. The van der Waals surface area contributed by atoms with Crippen molar-refractivity contribution in [2.24, 2.45) is 5.73 Å². The predicted octanol–water partition coefficient (Wildman–Crippen LogP) is 1.89. The van der Waals surface area contributed by atoms with E-state index in [0.717, 1.165) is 5.56 Å². The third-order valence-corrected chi connectivity index (χ3v) is 1.29. The molecule has 2 nitrogen and oxygen atoms in total. The van der Waals surface area contributed by atoms with Crippen LogP contribution in [0, 0.1) is 11.8 Å². The van der Waals surface area contributed by atoms with Crippen LogP contribution in [0.3, 0.4) is 0 Å². The third kappa shape index (κ3) is 5.73. The van der Waals surface area contributed by atoms with Crippen LogP contribution in [0.2, 0.25) is 5.15 Å². The van der Waals surface area contributed by atoms with Gasteiger partial charge in [-0.05, 0) is 12.1 Å². The second-order valence-electron chi connectivity index (χ2n) is 1.88. The average molecular weight is 240 g/mol. The van der Waals surface area contributed by atoms with Gasteiger partial charge in [-0.3, -0.25) is 0 Å². The Bertz CT molecular complexity index is 286. The number of nitrogens with two attached hydrogens (primary N) is 1. The molecule has 1 aromatic heterocycles. The molecule has 1 aromatic rings. The average Bonchev–Trinajstić information content (AvgIpc) is 2.04. The second kappa shape index (κ2) is 8.15. The molecule has 5 heteroatoms. The first-order valence-corrected chi connectivity index (χ1v) is 3.51. The summed E-state index contributed by atoms with van der Waals surface area (Å²) in [6.45, 7) is 0.364. The Morgan fingerprint density at radius 2 is 2.08 bits per heavy atom. The lowest BCUT2D eigenvalue weighted by atomic mass is 10.3. The molecule has 0 aliphatic carbocycles. The summed E-state index contributed by atoms with van der Waals surface area (Å²) in [6, 6.07) is 3.50. The number of halogens is 3. The van der Waals surface area contributed by atoms with Crippen molar-refractivity contribution < 1.29 is 0 Å². The maximum atomic E-state index is 5.56. The molecule has 0 saturated heterocycles. The molecule has 0 aliphatic rings. The monoisotopic (exact) mass is 238 g/mol. The minimum absolute atomic E-state index is 0. The standard InChI is InChI=1S/C8H7ClN2.2ClH/c9-8-4-3-7(6-11-8)2-1-5-10;;/h3-4,6H,5,10H2;2*1H. The molecule has 72 valence electrons. The molecule has 0 aromatic carbocycles. The Hall–Kier alpha value is -0.460. The molecule has 1 rings (SSSR count). The Labute approximate surface area is 94.7 Å². The molecule has 0 fully saturated rings. The van der Waals surface area contributed by atoms with Crippen molar-refractivity contribution in [1.82, 2.24) is 4.98 Å². The highest BCUT2D eigenvalue weighted by Crippen LogP contribution is 2.03. The van der Waals surface area contributed by atoms with Crippen molar-refractivity contribution in [3.63, 3.8) is 0 Å². The zero-order valence-electron chi connectivity index (χ0n) is 6.66. The summed E-state index contributed by atoms with van der Waals surface area (Å²) in [5, 5.41) is 0.475. The highest BCUT2D eigenvalue weighted by molar-refractivity contribution is 6.29. The van der Waals surface area contributed by atoms with Gasteiger partial charge in [0.2, 0.25) is 0 Å². The van der Waals surface area contributed by atoms with Gasteiger partial charge in [0.05, 0.1) is 6.54 Å². The van der Waals surface area contributed by atoms with Gasteiger partial charge in [0, 0.05) is 11.8 Å². The van der Waals surface area contributed by atoms with Crippen molar-refractivity contribution >= 4 is 36.4 Å². The Balaban J connectivity index is 0. The fraction of sp³-hybridized carbons (Fsp3) is 0.125. The van der Waals surface area contributed by atoms with E-state index in [9.17, 15) is 0 Å². The lowest BCUT2D eigenvalue weighted by Crippen LogP contribution is -1.93. The summed E-state index contributed by atoms with van der Waals surface area (Å²) in [6.07, 6.45) is 1.62. The largest absolute Gasteiger partial charge is 0.320 e. The van der Waals surface area contributed by atoms with Crippen LogP contribution in [-0.2, 0) is 0 Å². The summed E-state index contributed by atoms with van der Waals surface area (Å²) in [5.74, 6) is 5.55. The van der Waals surface area contributed by atoms with Crippen LogP contribution in [0.4, 0.5) is 0 Å². The van der Waals surface area contributed by atoms with Gasteiger partial charge in [0.1, 0.15) is 5.15 Å². The smallest absolute Gasteiger partial charge is 0.129 e. The first kappa shape index (κ1) is 15.0. The zero-order valence-corrected chi connectivity index (χ0v) is 9.05. The molecule has 0 amide bonds. The van der Waals surface area contributed by atoms with Gasteiger partial charge in [-0.2, -0.15) is 0 Å². The van der Waals surface area contributed by atoms with Gasteiger partial charge in [-0.15, -0.1) is 24.8 Å². The molecule has 1 heterocycles. The van der Waals surface area contributed by atoms with E-state index in [2.05, 4.69) is 16.8 Å². The molecular formula is C8H9Cl3N2. The van der Waals surface area contributed by atoms with Crippen molar-refractivity contribution in [2.45, 2.75) is 0 Å². The third-order valence-electron chi connectivity index (χ3n) is 1.06. The first-order valence-electron chi connectivity index (χ1n) is 3.13. The van der Waals surface area contributed by atoms with Crippen molar-refractivity contribution in [2.75, 3.05) is 6.54 Å². The molecule has 0 radical (unpaired) electrons. The summed E-state index contributed by atoms with van der Waals surface area (Å²) < 4.78 is 0. The molecule has 0 atom stereocenters. The topological polar surface area (TPSA) is 38.9 Å². The summed E-state index contributed by atoms with van der Waals surface area (Å²) in [7, 11) is 0. The maximum absolute atomic E-state index is 5.56. The van der Waals surface area contributed by atoms with Crippen molar-refractivity contribution in [3.05, 3.63) is 29.0 Å². The van der Waals surface area contributed by atoms with Gasteiger partial charge >= 0.3 is 0 Å². The normalized spacial score (nSPS) is 7.23. The highest BCUT2D eigenvalue weighted by atomic mass is 35.5.